The van der Waals surface area contributed by atoms with Crippen molar-refractivity contribution >= 4 is 6.09 Å². The van der Waals surface area contributed by atoms with Gasteiger partial charge in [0.1, 0.15) is 11.9 Å². The van der Waals surface area contributed by atoms with Gasteiger partial charge in [0, 0.05) is 5.56 Å². The first-order valence-corrected chi connectivity index (χ1v) is 5.04. The monoisotopic (exact) mass is 223 g/mol. The minimum absolute atomic E-state index is 0.181. The molecular weight excluding hydrogens is 210 g/mol. The van der Waals surface area contributed by atoms with E-state index in [1.165, 1.54) is 4.90 Å². The largest absolute Gasteiger partial charge is 0.486 e. The molecule has 16 heavy (non-hydrogen) atoms. The molecule has 2 N–H and O–H groups in total. The Morgan fingerprint density at radius 1 is 1.50 bits per heavy atom. The summed E-state index contributed by atoms with van der Waals surface area (Å²) in [6.07, 6.45) is -1.50. The van der Waals surface area contributed by atoms with Crippen LogP contribution in [0.5, 0.6) is 5.75 Å². The fraction of sp³-hybridized carbons (Fsp3) is 0.364. The van der Waals surface area contributed by atoms with Crippen LogP contribution in [-0.2, 0) is 6.54 Å². The van der Waals surface area contributed by atoms with Gasteiger partial charge >= 0.3 is 6.09 Å². The second kappa shape index (κ2) is 4.40. The van der Waals surface area contributed by atoms with Crippen LogP contribution in [0.15, 0.2) is 24.3 Å². The Kier molecular flexibility index (Phi) is 2.96. The molecule has 1 atom stereocenters. The van der Waals surface area contributed by atoms with Crippen LogP contribution in [0.2, 0.25) is 0 Å². The maximum atomic E-state index is 11.0. The molecule has 0 saturated heterocycles. The fourth-order valence-corrected chi connectivity index (χ4v) is 1.72. The van der Waals surface area contributed by atoms with Crippen molar-refractivity contribution in [2.75, 3.05) is 13.2 Å². The van der Waals surface area contributed by atoms with Crippen LogP contribution in [-0.4, -0.2) is 40.5 Å². The van der Waals surface area contributed by atoms with E-state index >= 15 is 0 Å². The zero-order chi connectivity index (χ0) is 11.5. The van der Waals surface area contributed by atoms with E-state index in [0.29, 0.717) is 12.3 Å². The summed E-state index contributed by atoms with van der Waals surface area (Å²) in [4.78, 5) is 12.2. The summed E-state index contributed by atoms with van der Waals surface area (Å²) in [5, 5.41) is 18.1. The zero-order valence-corrected chi connectivity index (χ0v) is 8.67. The number of hydrogen-bond acceptors (Lipinski definition) is 3. The number of benzene rings is 1. The summed E-state index contributed by atoms with van der Waals surface area (Å²) in [6.45, 7) is 0.278. The van der Waals surface area contributed by atoms with Crippen LogP contribution in [0.4, 0.5) is 4.79 Å². The molecule has 0 saturated carbocycles. The van der Waals surface area contributed by atoms with Gasteiger partial charge in [0.15, 0.2) is 0 Å². The number of aliphatic hydroxyl groups is 1. The Balaban J connectivity index is 2.30. The standard InChI is InChI=1S/C11H13NO4/c13-7-9-6-12(11(14)15)5-8-3-1-2-4-10(8)16-9/h1-4,9,13H,5-7H2,(H,14,15). The number of aliphatic hydroxyl groups excluding tert-OH is 1. The molecule has 1 aromatic carbocycles. The second-order valence-electron chi connectivity index (χ2n) is 3.69. The molecule has 0 aliphatic carbocycles. The van der Waals surface area contributed by atoms with E-state index in [4.69, 9.17) is 14.9 Å². The van der Waals surface area contributed by atoms with Crippen molar-refractivity contribution < 1.29 is 19.7 Å². The van der Waals surface area contributed by atoms with Gasteiger partial charge in [0.2, 0.25) is 0 Å². The quantitative estimate of drug-likeness (QED) is 0.742. The highest BCUT2D eigenvalue weighted by Crippen LogP contribution is 2.24. The topological polar surface area (TPSA) is 70.0 Å². The highest BCUT2D eigenvalue weighted by molar-refractivity contribution is 5.65. The number of rotatable bonds is 1. The number of ether oxygens (including phenoxy) is 1. The predicted molar refractivity (Wildman–Crippen MR) is 56.4 cm³/mol. The van der Waals surface area contributed by atoms with E-state index in [-0.39, 0.29) is 13.2 Å². The first kappa shape index (κ1) is 10.8. The zero-order valence-electron chi connectivity index (χ0n) is 8.67. The smallest absolute Gasteiger partial charge is 0.407 e. The molecule has 86 valence electrons. The number of carboxylic acid groups (broad SMARTS) is 1. The van der Waals surface area contributed by atoms with Gasteiger partial charge in [-0.3, -0.25) is 0 Å². The van der Waals surface area contributed by atoms with Crippen LogP contribution >= 0.6 is 0 Å². The van der Waals surface area contributed by atoms with Gasteiger partial charge in [0.05, 0.1) is 19.7 Å². The lowest BCUT2D eigenvalue weighted by Gasteiger charge is -2.19. The van der Waals surface area contributed by atoms with Crippen LogP contribution in [0.25, 0.3) is 0 Å². The van der Waals surface area contributed by atoms with Crippen molar-refractivity contribution in [2.45, 2.75) is 12.6 Å². The average Bonchev–Trinajstić information content (AvgIpc) is 2.47. The molecule has 0 bridgehead atoms. The third-order valence-corrected chi connectivity index (χ3v) is 2.53. The number of amides is 1. The van der Waals surface area contributed by atoms with Crippen molar-refractivity contribution in [3.63, 3.8) is 0 Å². The van der Waals surface area contributed by atoms with E-state index in [1.54, 1.807) is 6.07 Å². The molecule has 0 radical (unpaired) electrons. The fourth-order valence-electron chi connectivity index (χ4n) is 1.72. The van der Waals surface area contributed by atoms with E-state index in [1.807, 2.05) is 18.2 Å². The van der Waals surface area contributed by atoms with Crippen molar-refractivity contribution in [1.82, 2.24) is 4.90 Å². The van der Waals surface area contributed by atoms with Gasteiger partial charge in [0.25, 0.3) is 0 Å². The molecule has 1 amide bonds. The Morgan fingerprint density at radius 2 is 2.25 bits per heavy atom. The van der Waals surface area contributed by atoms with Crippen LogP contribution in [0.3, 0.4) is 0 Å². The molecule has 0 fully saturated rings. The number of carbonyl (C=O) groups is 1. The number of fused-ring (bicyclic) bond motifs is 1. The van der Waals surface area contributed by atoms with Crippen LogP contribution in [0.1, 0.15) is 5.56 Å². The Morgan fingerprint density at radius 3 is 2.94 bits per heavy atom. The number of hydrogen-bond donors (Lipinski definition) is 2. The number of para-hydroxylation sites is 1. The van der Waals surface area contributed by atoms with E-state index in [9.17, 15) is 4.79 Å². The lowest BCUT2D eigenvalue weighted by atomic mass is 10.2. The first-order chi connectivity index (χ1) is 7.70. The Hall–Kier alpha value is -1.75. The van der Waals surface area contributed by atoms with Crippen molar-refractivity contribution in [2.24, 2.45) is 0 Å². The molecule has 1 aliphatic heterocycles. The lowest BCUT2D eigenvalue weighted by Crippen LogP contribution is -2.38. The molecule has 1 heterocycles. The molecule has 1 aliphatic rings. The van der Waals surface area contributed by atoms with Gasteiger partial charge in [-0.25, -0.2) is 4.79 Å². The minimum Gasteiger partial charge on any atom is -0.486 e. The average molecular weight is 223 g/mol. The van der Waals surface area contributed by atoms with E-state index < -0.39 is 12.2 Å². The molecule has 0 spiro atoms. The van der Waals surface area contributed by atoms with Crippen molar-refractivity contribution in [3.8, 4) is 5.75 Å². The van der Waals surface area contributed by atoms with Gasteiger partial charge in [-0.05, 0) is 6.07 Å². The van der Waals surface area contributed by atoms with Gasteiger partial charge < -0.3 is 19.8 Å². The molecule has 5 nitrogen and oxygen atoms in total. The normalized spacial score (nSPS) is 19.6. The van der Waals surface area contributed by atoms with Gasteiger partial charge in [-0.15, -0.1) is 0 Å². The maximum Gasteiger partial charge on any atom is 0.407 e. The van der Waals surface area contributed by atoms with Crippen molar-refractivity contribution in [1.29, 1.82) is 0 Å². The molecule has 1 unspecified atom stereocenters. The second-order valence-corrected chi connectivity index (χ2v) is 3.69. The summed E-state index contributed by atoms with van der Waals surface area (Å²) in [5.74, 6) is 0.644. The molecule has 0 aromatic heterocycles. The lowest BCUT2D eigenvalue weighted by molar-refractivity contribution is 0.0809. The van der Waals surface area contributed by atoms with E-state index in [0.717, 1.165) is 5.56 Å². The maximum absolute atomic E-state index is 11.0. The predicted octanol–water partition coefficient (Wildman–Crippen LogP) is 0.920. The van der Waals surface area contributed by atoms with Crippen LogP contribution in [0, 0.1) is 0 Å². The Labute approximate surface area is 92.9 Å². The molecular formula is C11H13NO4. The SMILES string of the molecule is O=C(O)N1Cc2ccccc2OC(CO)C1. The van der Waals surface area contributed by atoms with E-state index in [2.05, 4.69) is 0 Å². The molecule has 2 rings (SSSR count). The molecule has 5 heteroatoms. The van der Waals surface area contributed by atoms with Gasteiger partial charge in [-0.1, -0.05) is 18.2 Å². The van der Waals surface area contributed by atoms with Crippen LogP contribution < -0.4 is 4.74 Å². The van der Waals surface area contributed by atoms with Crippen molar-refractivity contribution in [3.05, 3.63) is 29.8 Å². The molecule has 1 aromatic rings. The van der Waals surface area contributed by atoms with Gasteiger partial charge in [-0.2, -0.15) is 0 Å². The summed E-state index contributed by atoms with van der Waals surface area (Å²) >= 11 is 0. The number of nitrogens with zero attached hydrogens (tertiary/aromatic N) is 1. The Bertz CT molecular complexity index is 393. The summed E-state index contributed by atoms with van der Waals surface area (Å²) in [5.41, 5.74) is 0.820. The first-order valence-electron chi connectivity index (χ1n) is 5.04. The minimum atomic E-state index is -1.00. The summed E-state index contributed by atoms with van der Waals surface area (Å²) in [7, 11) is 0. The summed E-state index contributed by atoms with van der Waals surface area (Å²) < 4.78 is 5.53. The highest BCUT2D eigenvalue weighted by atomic mass is 16.5. The third-order valence-electron chi connectivity index (χ3n) is 2.53. The third kappa shape index (κ3) is 2.09. The summed E-state index contributed by atoms with van der Waals surface area (Å²) in [6, 6.07) is 7.26. The highest BCUT2D eigenvalue weighted by Gasteiger charge is 2.24.